The van der Waals surface area contributed by atoms with Gasteiger partial charge in [0.1, 0.15) is 5.69 Å². The van der Waals surface area contributed by atoms with E-state index in [2.05, 4.69) is 34.9 Å². The molecule has 5 heteroatoms. The first-order valence-electron chi connectivity index (χ1n) is 9.15. The minimum atomic E-state index is 0.0522. The van der Waals surface area contributed by atoms with Gasteiger partial charge in [0.25, 0.3) is 5.91 Å². The molecule has 3 heterocycles. The van der Waals surface area contributed by atoms with Crippen LogP contribution in [-0.4, -0.2) is 72.9 Å². The van der Waals surface area contributed by atoms with E-state index in [1.807, 2.05) is 18.0 Å². The van der Waals surface area contributed by atoms with Crippen molar-refractivity contribution < 1.29 is 4.79 Å². The molecule has 0 N–H and O–H groups in total. The monoisotopic (exact) mass is 330 g/mol. The molecular weight excluding hydrogens is 300 g/mol. The van der Waals surface area contributed by atoms with Crippen LogP contribution in [0, 0.1) is 5.92 Å². The maximum Gasteiger partial charge on any atom is 0.272 e. The van der Waals surface area contributed by atoms with Crippen molar-refractivity contribution in [1.29, 1.82) is 0 Å². The summed E-state index contributed by atoms with van der Waals surface area (Å²) in [5.41, 5.74) is 1.81. The lowest BCUT2D eigenvalue weighted by Gasteiger charge is -2.31. The van der Waals surface area contributed by atoms with Crippen LogP contribution in [0.2, 0.25) is 0 Å². The molecule has 0 aliphatic carbocycles. The van der Waals surface area contributed by atoms with E-state index in [0.29, 0.717) is 17.7 Å². The third kappa shape index (κ3) is 3.95. The van der Waals surface area contributed by atoms with Crippen LogP contribution in [0.4, 0.5) is 0 Å². The first kappa shape index (κ1) is 17.4. The van der Waals surface area contributed by atoms with Crippen molar-refractivity contribution in [3.63, 3.8) is 0 Å². The summed E-state index contributed by atoms with van der Waals surface area (Å²) >= 11 is 0. The van der Waals surface area contributed by atoms with Gasteiger partial charge in [0, 0.05) is 25.8 Å². The minimum absolute atomic E-state index is 0.0522. The number of pyridine rings is 1. The zero-order chi connectivity index (χ0) is 17.1. The highest BCUT2D eigenvalue weighted by Gasteiger charge is 2.25. The second-order valence-electron chi connectivity index (χ2n) is 7.55. The minimum Gasteiger partial charge on any atom is -0.340 e. The molecule has 1 atom stereocenters. The smallest absolute Gasteiger partial charge is 0.272 e. The number of rotatable bonds is 4. The number of carbonyl (C=O) groups excluding carboxylic acids is 1. The third-order valence-corrected chi connectivity index (χ3v) is 5.63. The zero-order valence-electron chi connectivity index (χ0n) is 15.2. The van der Waals surface area contributed by atoms with Gasteiger partial charge in [-0.25, -0.2) is 0 Å². The number of hydrogen-bond donors (Lipinski definition) is 0. The zero-order valence-corrected chi connectivity index (χ0v) is 15.2. The summed E-state index contributed by atoms with van der Waals surface area (Å²) in [5, 5.41) is 0. The van der Waals surface area contributed by atoms with Crippen LogP contribution >= 0.6 is 0 Å². The van der Waals surface area contributed by atoms with Crippen molar-refractivity contribution in [3.05, 3.63) is 29.6 Å². The third-order valence-electron chi connectivity index (χ3n) is 5.63. The molecule has 0 radical (unpaired) electrons. The fourth-order valence-corrected chi connectivity index (χ4v) is 4.01. The van der Waals surface area contributed by atoms with E-state index in [4.69, 9.17) is 0 Å². The number of piperidine rings is 1. The van der Waals surface area contributed by atoms with Gasteiger partial charge in [-0.05, 0) is 83.0 Å². The predicted octanol–water partition coefficient (Wildman–Crippen LogP) is 2.26. The van der Waals surface area contributed by atoms with Crippen LogP contribution in [0.25, 0.3) is 0 Å². The second-order valence-corrected chi connectivity index (χ2v) is 7.55. The highest BCUT2D eigenvalue weighted by Crippen LogP contribution is 2.30. The highest BCUT2D eigenvalue weighted by molar-refractivity contribution is 5.92. The van der Waals surface area contributed by atoms with Gasteiger partial charge in [-0.15, -0.1) is 0 Å². The lowest BCUT2D eigenvalue weighted by atomic mass is 9.96. The van der Waals surface area contributed by atoms with E-state index in [-0.39, 0.29) is 5.91 Å². The fraction of sp³-hybridized carbons (Fsp3) is 0.684. The normalized spacial score (nSPS) is 23.5. The van der Waals surface area contributed by atoms with E-state index in [0.717, 1.165) is 26.2 Å². The molecule has 5 nitrogen and oxygen atoms in total. The summed E-state index contributed by atoms with van der Waals surface area (Å²) in [6.45, 7) is 4.23. The summed E-state index contributed by atoms with van der Waals surface area (Å²) in [6, 6.07) is 4.49. The Morgan fingerprint density at radius 1 is 1.25 bits per heavy atom. The van der Waals surface area contributed by atoms with E-state index in [9.17, 15) is 4.79 Å². The Balaban J connectivity index is 1.63. The molecular formula is C19H30N4O. The molecule has 2 saturated heterocycles. The van der Waals surface area contributed by atoms with Crippen molar-refractivity contribution in [1.82, 2.24) is 19.7 Å². The standard InChI is InChI=1S/C19H30N4O/c1-21-11-7-15(8-12-21)14-23(3)19(24)17-13-16(6-9-20-17)18-5-4-10-22(18)2/h6,9,13,15,18H,4-5,7-8,10-12,14H2,1-3H3. The number of likely N-dealkylation sites (tertiary alicyclic amines) is 2. The second kappa shape index (κ2) is 7.62. The first-order chi connectivity index (χ1) is 11.5. The van der Waals surface area contributed by atoms with Crippen LogP contribution in [-0.2, 0) is 0 Å². The van der Waals surface area contributed by atoms with Crippen LogP contribution in [0.15, 0.2) is 18.3 Å². The summed E-state index contributed by atoms with van der Waals surface area (Å²) in [7, 11) is 6.24. The molecule has 0 spiro atoms. The molecule has 0 saturated carbocycles. The molecule has 2 aliphatic heterocycles. The topological polar surface area (TPSA) is 39.7 Å². The Morgan fingerprint density at radius 3 is 2.67 bits per heavy atom. The van der Waals surface area contributed by atoms with E-state index in [1.54, 1.807) is 6.20 Å². The average Bonchev–Trinajstić information content (AvgIpc) is 3.02. The molecule has 0 bridgehead atoms. The van der Waals surface area contributed by atoms with Crippen LogP contribution < -0.4 is 0 Å². The molecule has 3 rings (SSSR count). The van der Waals surface area contributed by atoms with Gasteiger partial charge in [-0.1, -0.05) is 0 Å². The summed E-state index contributed by atoms with van der Waals surface area (Å²) in [6.07, 6.45) is 6.53. The summed E-state index contributed by atoms with van der Waals surface area (Å²) in [4.78, 5) is 23.7. The first-order valence-corrected chi connectivity index (χ1v) is 9.15. The number of hydrogen-bond acceptors (Lipinski definition) is 4. The quantitative estimate of drug-likeness (QED) is 0.849. The van der Waals surface area contributed by atoms with Gasteiger partial charge in [-0.3, -0.25) is 14.7 Å². The summed E-state index contributed by atoms with van der Waals surface area (Å²) < 4.78 is 0. The molecule has 1 unspecified atom stereocenters. The molecule has 132 valence electrons. The highest BCUT2D eigenvalue weighted by atomic mass is 16.2. The lowest BCUT2D eigenvalue weighted by molar-refractivity contribution is 0.0741. The van der Waals surface area contributed by atoms with Gasteiger partial charge >= 0.3 is 0 Å². The SMILES string of the molecule is CN1CCC(CN(C)C(=O)c2cc(C3CCCN3C)ccn2)CC1. The predicted molar refractivity (Wildman–Crippen MR) is 96.0 cm³/mol. The molecule has 2 aliphatic rings. The Morgan fingerprint density at radius 2 is 2.00 bits per heavy atom. The van der Waals surface area contributed by atoms with Crippen molar-refractivity contribution in [2.45, 2.75) is 31.7 Å². The lowest BCUT2D eigenvalue weighted by Crippen LogP contribution is -2.38. The van der Waals surface area contributed by atoms with Crippen LogP contribution in [0.5, 0.6) is 0 Å². The Bertz CT molecular complexity index is 568. The largest absolute Gasteiger partial charge is 0.340 e. The Labute approximate surface area is 145 Å². The summed E-state index contributed by atoms with van der Waals surface area (Å²) in [5.74, 6) is 0.663. The molecule has 24 heavy (non-hydrogen) atoms. The Hall–Kier alpha value is -1.46. The van der Waals surface area contributed by atoms with E-state index < -0.39 is 0 Å². The van der Waals surface area contributed by atoms with Crippen molar-refractivity contribution in [2.75, 3.05) is 47.3 Å². The number of aromatic nitrogens is 1. The van der Waals surface area contributed by atoms with Gasteiger partial charge in [0.05, 0.1) is 0 Å². The maximum absolute atomic E-state index is 12.8. The number of carbonyl (C=O) groups is 1. The molecule has 0 aromatic carbocycles. The Kier molecular flexibility index (Phi) is 5.51. The van der Waals surface area contributed by atoms with Gasteiger partial charge < -0.3 is 9.80 Å². The molecule has 1 aromatic heterocycles. The van der Waals surface area contributed by atoms with Gasteiger partial charge in [0.15, 0.2) is 0 Å². The van der Waals surface area contributed by atoms with E-state index >= 15 is 0 Å². The van der Waals surface area contributed by atoms with Gasteiger partial charge in [0.2, 0.25) is 0 Å². The molecule has 1 amide bonds. The van der Waals surface area contributed by atoms with Crippen molar-refractivity contribution in [3.8, 4) is 0 Å². The van der Waals surface area contributed by atoms with Crippen molar-refractivity contribution >= 4 is 5.91 Å². The average molecular weight is 330 g/mol. The molecule has 2 fully saturated rings. The maximum atomic E-state index is 12.8. The number of nitrogens with zero attached hydrogens (tertiary/aromatic N) is 4. The van der Waals surface area contributed by atoms with Crippen molar-refractivity contribution in [2.24, 2.45) is 5.92 Å². The van der Waals surface area contributed by atoms with Crippen LogP contribution in [0.1, 0.15) is 47.8 Å². The van der Waals surface area contributed by atoms with Crippen LogP contribution in [0.3, 0.4) is 0 Å². The fourth-order valence-electron chi connectivity index (χ4n) is 4.01. The van der Waals surface area contributed by atoms with Gasteiger partial charge in [-0.2, -0.15) is 0 Å². The molecule has 1 aromatic rings. The number of amides is 1. The van der Waals surface area contributed by atoms with E-state index in [1.165, 1.54) is 31.2 Å².